The molecule has 0 unspecified atom stereocenters. The molecule has 2 aromatic carbocycles. The zero-order chi connectivity index (χ0) is 14.7. The molecule has 1 N–H and O–H groups in total. The molecule has 0 aliphatic carbocycles. The summed E-state index contributed by atoms with van der Waals surface area (Å²) in [6.07, 6.45) is 2.56. The number of carbonyl (C=O) groups is 1. The van der Waals surface area contributed by atoms with E-state index < -0.39 is 0 Å². The lowest BCUT2D eigenvalue weighted by molar-refractivity contribution is 0.102. The maximum absolute atomic E-state index is 12.5. The summed E-state index contributed by atoms with van der Waals surface area (Å²) in [5.74, 6) is -0.0920. The summed E-state index contributed by atoms with van der Waals surface area (Å²) < 4.78 is 0. The molecule has 3 rings (SSSR count). The van der Waals surface area contributed by atoms with E-state index in [1.54, 1.807) is 6.20 Å². The fourth-order valence-electron chi connectivity index (χ4n) is 2.44. The Bertz CT molecular complexity index is 791. The van der Waals surface area contributed by atoms with Crippen molar-refractivity contribution >= 4 is 22.5 Å². The van der Waals surface area contributed by atoms with Gasteiger partial charge in [-0.1, -0.05) is 43.3 Å². The number of nitrogens with zero attached hydrogens (tertiary/aromatic N) is 1. The van der Waals surface area contributed by atoms with Crippen molar-refractivity contribution in [2.75, 3.05) is 5.32 Å². The van der Waals surface area contributed by atoms with E-state index >= 15 is 0 Å². The smallest absolute Gasteiger partial charge is 0.255 e. The van der Waals surface area contributed by atoms with Gasteiger partial charge in [-0.2, -0.15) is 0 Å². The van der Waals surface area contributed by atoms with Crippen LogP contribution in [0.2, 0.25) is 0 Å². The normalized spacial score (nSPS) is 10.5. The Morgan fingerprint density at radius 1 is 1.05 bits per heavy atom. The molecule has 0 spiro atoms. The molecule has 1 amide bonds. The van der Waals surface area contributed by atoms with Crippen molar-refractivity contribution in [1.82, 2.24) is 4.98 Å². The van der Waals surface area contributed by atoms with E-state index in [2.05, 4.69) is 10.3 Å². The van der Waals surface area contributed by atoms with Gasteiger partial charge >= 0.3 is 0 Å². The van der Waals surface area contributed by atoms with Crippen LogP contribution in [0.15, 0.2) is 60.8 Å². The number of rotatable bonds is 3. The summed E-state index contributed by atoms with van der Waals surface area (Å²) in [5.41, 5.74) is 3.31. The molecule has 0 aliphatic heterocycles. The van der Waals surface area contributed by atoms with Crippen molar-refractivity contribution in [3.05, 3.63) is 71.9 Å². The Morgan fingerprint density at radius 2 is 1.86 bits per heavy atom. The van der Waals surface area contributed by atoms with Gasteiger partial charge in [-0.15, -0.1) is 0 Å². The average Bonchev–Trinajstić information content (AvgIpc) is 2.55. The topological polar surface area (TPSA) is 42.0 Å². The molecule has 3 aromatic rings. The molecule has 1 aromatic heterocycles. The van der Waals surface area contributed by atoms with Crippen molar-refractivity contribution in [1.29, 1.82) is 0 Å². The number of para-hydroxylation sites is 1. The maximum Gasteiger partial charge on any atom is 0.255 e. The first-order valence-corrected chi connectivity index (χ1v) is 7.02. The molecule has 104 valence electrons. The number of carbonyl (C=O) groups excluding carboxylic acids is 1. The van der Waals surface area contributed by atoms with E-state index in [0.717, 1.165) is 28.6 Å². The SMILES string of the molecule is CCc1ccccc1C(=O)Nc1cccc2cccnc12. The minimum atomic E-state index is -0.0920. The molecule has 0 bridgehead atoms. The highest BCUT2D eigenvalue weighted by molar-refractivity contribution is 6.09. The van der Waals surface area contributed by atoms with Gasteiger partial charge in [0.05, 0.1) is 11.2 Å². The first-order chi connectivity index (χ1) is 10.3. The highest BCUT2D eigenvalue weighted by Crippen LogP contribution is 2.22. The van der Waals surface area contributed by atoms with Crippen molar-refractivity contribution in [3.63, 3.8) is 0 Å². The summed E-state index contributed by atoms with van der Waals surface area (Å²) in [5, 5.41) is 3.99. The summed E-state index contributed by atoms with van der Waals surface area (Å²) in [6, 6.07) is 17.3. The van der Waals surface area contributed by atoms with Crippen molar-refractivity contribution < 1.29 is 4.79 Å². The number of aryl methyl sites for hydroxylation is 1. The molecule has 1 heterocycles. The van der Waals surface area contributed by atoms with Gasteiger partial charge in [0.2, 0.25) is 0 Å². The number of fused-ring (bicyclic) bond motifs is 1. The van der Waals surface area contributed by atoms with Gasteiger partial charge in [0.1, 0.15) is 0 Å². The fraction of sp³-hybridized carbons (Fsp3) is 0.111. The molecular weight excluding hydrogens is 260 g/mol. The number of amides is 1. The Kier molecular flexibility index (Phi) is 3.65. The minimum absolute atomic E-state index is 0.0920. The molecular formula is C18H16N2O. The molecule has 0 atom stereocenters. The van der Waals surface area contributed by atoms with Gasteiger partial charge < -0.3 is 5.32 Å². The largest absolute Gasteiger partial charge is 0.320 e. The molecule has 3 nitrogen and oxygen atoms in total. The lowest BCUT2D eigenvalue weighted by atomic mass is 10.0. The highest BCUT2D eigenvalue weighted by atomic mass is 16.1. The van der Waals surface area contributed by atoms with Crippen LogP contribution in [0, 0.1) is 0 Å². The molecule has 21 heavy (non-hydrogen) atoms. The van der Waals surface area contributed by atoms with E-state index in [1.807, 2.05) is 61.5 Å². The van der Waals surface area contributed by atoms with Crippen LogP contribution in [-0.2, 0) is 6.42 Å². The van der Waals surface area contributed by atoms with Crippen LogP contribution in [0.3, 0.4) is 0 Å². The average molecular weight is 276 g/mol. The van der Waals surface area contributed by atoms with E-state index in [4.69, 9.17) is 0 Å². The third-order valence-electron chi connectivity index (χ3n) is 3.52. The molecule has 0 radical (unpaired) electrons. The predicted octanol–water partition coefficient (Wildman–Crippen LogP) is 4.05. The Labute approximate surface area is 123 Å². The monoisotopic (exact) mass is 276 g/mol. The molecule has 3 heteroatoms. The van der Waals surface area contributed by atoms with Crippen molar-refractivity contribution in [2.45, 2.75) is 13.3 Å². The van der Waals surface area contributed by atoms with Crippen LogP contribution < -0.4 is 5.32 Å². The van der Waals surface area contributed by atoms with E-state index in [1.165, 1.54) is 0 Å². The Balaban J connectivity index is 1.97. The standard InChI is InChI=1S/C18H16N2O/c1-2-13-7-3-4-10-15(13)18(21)20-16-11-5-8-14-9-6-12-19-17(14)16/h3-12H,2H2,1H3,(H,20,21). The van der Waals surface area contributed by atoms with Crippen LogP contribution in [0.25, 0.3) is 10.9 Å². The van der Waals surface area contributed by atoms with Crippen molar-refractivity contribution in [2.24, 2.45) is 0 Å². The summed E-state index contributed by atoms with van der Waals surface area (Å²) >= 11 is 0. The van der Waals surface area contributed by atoms with Gasteiger partial charge in [-0.3, -0.25) is 9.78 Å². The van der Waals surface area contributed by atoms with E-state index in [-0.39, 0.29) is 5.91 Å². The third-order valence-corrected chi connectivity index (χ3v) is 3.52. The first-order valence-electron chi connectivity index (χ1n) is 7.02. The minimum Gasteiger partial charge on any atom is -0.320 e. The number of hydrogen-bond acceptors (Lipinski definition) is 2. The van der Waals surface area contributed by atoms with E-state index in [9.17, 15) is 4.79 Å². The van der Waals surface area contributed by atoms with E-state index in [0.29, 0.717) is 5.56 Å². The van der Waals surface area contributed by atoms with Crippen LogP contribution in [-0.4, -0.2) is 10.9 Å². The van der Waals surface area contributed by atoms with Gasteiger partial charge in [-0.25, -0.2) is 0 Å². The summed E-state index contributed by atoms with van der Waals surface area (Å²) in [4.78, 5) is 16.9. The second-order valence-corrected chi connectivity index (χ2v) is 4.85. The maximum atomic E-state index is 12.5. The molecule has 0 saturated heterocycles. The Morgan fingerprint density at radius 3 is 2.71 bits per heavy atom. The summed E-state index contributed by atoms with van der Waals surface area (Å²) in [6.45, 7) is 2.05. The zero-order valence-electron chi connectivity index (χ0n) is 11.8. The fourth-order valence-corrected chi connectivity index (χ4v) is 2.44. The number of pyridine rings is 1. The van der Waals surface area contributed by atoms with Gasteiger partial charge in [-0.05, 0) is 30.2 Å². The number of anilines is 1. The van der Waals surface area contributed by atoms with Crippen LogP contribution in [0.1, 0.15) is 22.8 Å². The van der Waals surface area contributed by atoms with Gasteiger partial charge in [0, 0.05) is 17.1 Å². The van der Waals surface area contributed by atoms with Crippen LogP contribution >= 0.6 is 0 Å². The lowest BCUT2D eigenvalue weighted by Gasteiger charge is -2.10. The molecule has 0 fully saturated rings. The number of nitrogens with one attached hydrogen (secondary N) is 1. The number of aromatic nitrogens is 1. The van der Waals surface area contributed by atoms with Gasteiger partial charge in [0.25, 0.3) is 5.91 Å². The molecule has 0 aliphatic rings. The third kappa shape index (κ3) is 2.63. The Hall–Kier alpha value is -2.68. The highest BCUT2D eigenvalue weighted by Gasteiger charge is 2.11. The van der Waals surface area contributed by atoms with Gasteiger partial charge in [0.15, 0.2) is 0 Å². The second-order valence-electron chi connectivity index (χ2n) is 4.85. The summed E-state index contributed by atoms with van der Waals surface area (Å²) in [7, 11) is 0. The quantitative estimate of drug-likeness (QED) is 0.784. The first kappa shape index (κ1) is 13.3. The lowest BCUT2D eigenvalue weighted by Crippen LogP contribution is -2.14. The molecule has 0 saturated carbocycles. The predicted molar refractivity (Wildman–Crippen MR) is 85.5 cm³/mol. The van der Waals surface area contributed by atoms with Crippen molar-refractivity contribution in [3.8, 4) is 0 Å². The van der Waals surface area contributed by atoms with Crippen LogP contribution in [0.4, 0.5) is 5.69 Å². The number of benzene rings is 2. The zero-order valence-corrected chi connectivity index (χ0v) is 11.8. The number of hydrogen-bond donors (Lipinski definition) is 1. The van der Waals surface area contributed by atoms with Crippen LogP contribution in [0.5, 0.6) is 0 Å². The second kappa shape index (κ2) is 5.75.